The van der Waals surface area contributed by atoms with Gasteiger partial charge in [-0.2, -0.15) is 0 Å². The third kappa shape index (κ3) is 8.41. The molecule has 2 amide bonds. The van der Waals surface area contributed by atoms with Gasteiger partial charge < -0.3 is 10.2 Å². The Morgan fingerprint density at radius 2 is 1.65 bits per heavy atom. The zero-order chi connectivity index (χ0) is 22.8. The van der Waals surface area contributed by atoms with Gasteiger partial charge in [-0.3, -0.25) is 9.59 Å². The van der Waals surface area contributed by atoms with Gasteiger partial charge in [-0.1, -0.05) is 66.6 Å². The highest BCUT2D eigenvalue weighted by Gasteiger charge is 2.28. The third-order valence-corrected chi connectivity index (χ3v) is 6.07. The Morgan fingerprint density at radius 1 is 1.00 bits per heavy atom. The topological polar surface area (TPSA) is 49.4 Å². The second kappa shape index (κ2) is 12.6. The molecule has 168 valence electrons. The van der Waals surface area contributed by atoms with Crippen LogP contribution in [0.3, 0.4) is 0 Å². The number of aryl methyl sites for hydroxylation is 2. The minimum Gasteiger partial charge on any atom is -0.352 e. The van der Waals surface area contributed by atoms with E-state index in [1.54, 1.807) is 16.7 Å². The Balaban J connectivity index is 2.07. The summed E-state index contributed by atoms with van der Waals surface area (Å²) in [4.78, 5) is 27.8. The van der Waals surface area contributed by atoms with Crippen molar-refractivity contribution in [2.75, 3.05) is 12.3 Å². The third-order valence-electron chi connectivity index (χ3n) is 5.08. The van der Waals surface area contributed by atoms with E-state index in [0.29, 0.717) is 18.7 Å². The fourth-order valence-corrected chi connectivity index (χ4v) is 4.61. The number of rotatable bonds is 11. The first-order chi connectivity index (χ1) is 14.8. The number of carbonyl (C=O) groups is 2. The molecule has 0 fully saturated rings. The smallest absolute Gasteiger partial charge is 0.242 e. The first kappa shape index (κ1) is 25.0. The predicted molar refractivity (Wildman–Crippen MR) is 131 cm³/mol. The molecule has 4 nitrogen and oxygen atoms in total. The molecule has 0 aliphatic carbocycles. The van der Waals surface area contributed by atoms with Gasteiger partial charge in [-0.25, -0.2) is 0 Å². The Labute approximate surface area is 191 Å². The average molecular weight is 441 g/mol. The van der Waals surface area contributed by atoms with Crippen molar-refractivity contribution in [2.45, 2.75) is 65.3 Å². The molecule has 0 saturated carbocycles. The van der Waals surface area contributed by atoms with Gasteiger partial charge in [0.25, 0.3) is 0 Å². The molecule has 0 radical (unpaired) electrons. The van der Waals surface area contributed by atoms with Crippen LogP contribution in [-0.2, 0) is 21.8 Å². The van der Waals surface area contributed by atoms with Gasteiger partial charge in [0, 0.05) is 18.3 Å². The molecule has 0 unspecified atom stereocenters. The molecule has 0 saturated heterocycles. The van der Waals surface area contributed by atoms with Gasteiger partial charge in [0.1, 0.15) is 6.04 Å². The van der Waals surface area contributed by atoms with Gasteiger partial charge >= 0.3 is 0 Å². The Kier molecular flexibility index (Phi) is 10.1. The van der Waals surface area contributed by atoms with E-state index >= 15 is 0 Å². The van der Waals surface area contributed by atoms with Gasteiger partial charge in [-0.05, 0) is 51.7 Å². The van der Waals surface area contributed by atoms with Gasteiger partial charge in [0.2, 0.25) is 11.8 Å². The van der Waals surface area contributed by atoms with Crippen LogP contribution in [0.2, 0.25) is 0 Å². The summed E-state index contributed by atoms with van der Waals surface area (Å²) < 4.78 is 0. The highest BCUT2D eigenvalue weighted by Crippen LogP contribution is 2.18. The lowest BCUT2D eigenvalue weighted by Crippen LogP contribution is -2.51. The number of hydrogen-bond acceptors (Lipinski definition) is 3. The van der Waals surface area contributed by atoms with Crippen LogP contribution in [0.4, 0.5) is 0 Å². The number of benzene rings is 2. The number of nitrogens with zero attached hydrogens (tertiary/aromatic N) is 1. The van der Waals surface area contributed by atoms with Crippen LogP contribution >= 0.6 is 11.8 Å². The lowest BCUT2D eigenvalue weighted by atomic mass is 10.1. The molecular formula is C26H36N2O2S. The predicted octanol–water partition coefficient (Wildman–Crippen LogP) is 4.91. The van der Waals surface area contributed by atoms with Crippen LogP contribution in [-0.4, -0.2) is 41.1 Å². The van der Waals surface area contributed by atoms with E-state index < -0.39 is 6.04 Å². The Morgan fingerprint density at radius 3 is 2.23 bits per heavy atom. The molecule has 2 rings (SSSR count). The zero-order valence-electron chi connectivity index (χ0n) is 19.5. The first-order valence-electron chi connectivity index (χ1n) is 11.1. The van der Waals surface area contributed by atoms with Gasteiger partial charge in [0.15, 0.2) is 0 Å². The Hall–Kier alpha value is -2.27. The van der Waals surface area contributed by atoms with E-state index in [9.17, 15) is 9.59 Å². The summed E-state index contributed by atoms with van der Waals surface area (Å²) in [5.74, 6) is 1.11. The quantitative estimate of drug-likeness (QED) is 0.540. The maximum absolute atomic E-state index is 13.2. The second-order valence-corrected chi connectivity index (χ2v) is 9.38. The highest BCUT2D eigenvalue weighted by molar-refractivity contribution is 7.99. The maximum atomic E-state index is 13.2. The first-order valence-corrected chi connectivity index (χ1v) is 12.2. The monoisotopic (exact) mass is 440 g/mol. The second-order valence-electron chi connectivity index (χ2n) is 8.40. The molecule has 1 N–H and O–H groups in total. The van der Waals surface area contributed by atoms with Crippen molar-refractivity contribution in [1.82, 2.24) is 10.2 Å². The van der Waals surface area contributed by atoms with E-state index in [1.807, 2.05) is 39.0 Å². The number of nitrogens with one attached hydrogen (secondary N) is 1. The summed E-state index contributed by atoms with van der Waals surface area (Å²) in [7, 11) is 0. The lowest BCUT2D eigenvalue weighted by molar-refractivity contribution is -0.139. The number of carbonyl (C=O) groups excluding carboxylic acids is 2. The number of thioether (sulfide) groups is 1. The highest BCUT2D eigenvalue weighted by atomic mass is 32.2. The van der Waals surface area contributed by atoms with Gasteiger partial charge in [0.05, 0.1) is 5.75 Å². The lowest BCUT2D eigenvalue weighted by Gasteiger charge is -2.31. The Bertz CT molecular complexity index is 831. The number of amides is 2. The summed E-state index contributed by atoms with van der Waals surface area (Å²) in [5.41, 5.74) is 4.88. The molecule has 31 heavy (non-hydrogen) atoms. The summed E-state index contributed by atoms with van der Waals surface area (Å²) in [6.45, 7) is 10.6. The minimum atomic E-state index is -0.444. The molecule has 0 bridgehead atoms. The van der Waals surface area contributed by atoms with E-state index in [4.69, 9.17) is 0 Å². The van der Waals surface area contributed by atoms with Crippen LogP contribution < -0.4 is 5.32 Å². The zero-order valence-corrected chi connectivity index (χ0v) is 20.3. The SMILES string of the molecule is CC[C@@H](C(=O)NC(C)C)N(CCc1ccccc1)C(=O)CSCc1cc(C)cc(C)c1. The molecule has 0 aromatic heterocycles. The average Bonchev–Trinajstić information content (AvgIpc) is 2.70. The van der Waals surface area contributed by atoms with Gasteiger partial charge in [-0.15, -0.1) is 11.8 Å². The van der Waals surface area contributed by atoms with E-state index in [2.05, 4.69) is 49.5 Å². The number of hydrogen-bond donors (Lipinski definition) is 1. The van der Waals surface area contributed by atoms with Crippen LogP contribution in [0.1, 0.15) is 49.4 Å². The van der Waals surface area contributed by atoms with Crippen LogP contribution in [0.25, 0.3) is 0 Å². The normalized spacial score (nSPS) is 11.9. The van der Waals surface area contributed by atoms with Crippen molar-refractivity contribution < 1.29 is 9.59 Å². The molecule has 0 spiro atoms. The van der Waals surface area contributed by atoms with Crippen molar-refractivity contribution in [1.29, 1.82) is 0 Å². The standard InChI is InChI=1S/C26H36N2O2S/c1-6-24(26(30)27-19(2)3)28(13-12-22-10-8-7-9-11-22)25(29)18-31-17-23-15-20(4)14-21(5)16-23/h7-11,14-16,19,24H,6,12-13,17-18H2,1-5H3,(H,27,30)/t24-/m0/s1. The molecule has 2 aromatic carbocycles. The largest absolute Gasteiger partial charge is 0.352 e. The molecule has 2 aromatic rings. The summed E-state index contributed by atoms with van der Waals surface area (Å²) in [6.07, 6.45) is 1.33. The van der Waals surface area contributed by atoms with Crippen LogP contribution in [0.15, 0.2) is 48.5 Å². The fraction of sp³-hybridized carbons (Fsp3) is 0.462. The van der Waals surface area contributed by atoms with Crippen molar-refractivity contribution in [3.05, 3.63) is 70.8 Å². The van der Waals surface area contributed by atoms with E-state index in [0.717, 1.165) is 12.2 Å². The van der Waals surface area contributed by atoms with Crippen LogP contribution in [0.5, 0.6) is 0 Å². The molecule has 0 aliphatic rings. The summed E-state index contributed by atoms with van der Waals surface area (Å²) >= 11 is 1.61. The summed E-state index contributed by atoms with van der Waals surface area (Å²) in [6, 6.07) is 16.2. The van der Waals surface area contributed by atoms with Crippen molar-refractivity contribution in [3.63, 3.8) is 0 Å². The minimum absolute atomic E-state index is 0.0241. The van der Waals surface area contributed by atoms with Crippen molar-refractivity contribution >= 4 is 23.6 Å². The molecule has 0 aliphatic heterocycles. The maximum Gasteiger partial charge on any atom is 0.242 e. The summed E-state index contributed by atoms with van der Waals surface area (Å²) in [5, 5.41) is 2.98. The van der Waals surface area contributed by atoms with E-state index in [1.165, 1.54) is 22.3 Å². The molecular weight excluding hydrogens is 404 g/mol. The molecule has 0 heterocycles. The molecule has 1 atom stereocenters. The fourth-order valence-electron chi connectivity index (χ4n) is 3.77. The van der Waals surface area contributed by atoms with Crippen molar-refractivity contribution in [2.24, 2.45) is 0 Å². The van der Waals surface area contributed by atoms with Crippen LogP contribution in [0, 0.1) is 13.8 Å². The molecule has 5 heteroatoms. The van der Waals surface area contributed by atoms with Crippen molar-refractivity contribution in [3.8, 4) is 0 Å². The van der Waals surface area contributed by atoms with E-state index in [-0.39, 0.29) is 17.9 Å².